The third kappa shape index (κ3) is 4.83. The molecule has 0 radical (unpaired) electrons. The Labute approximate surface area is 182 Å². The maximum absolute atomic E-state index is 6.33. The van der Waals surface area contributed by atoms with E-state index < -0.39 is 0 Å². The standard InChI is InChI=1S/C23H27ClN4O2/c1-15(2)29-20-9-8-18(12-19(20)24)21-26-22(30-27-21)17-6-4-16(5-7-17)13-28-11-10-23(3,25)14-28/h4-9,12,15H,10-11,13-14,25H2,1-3H3. The first kappa shape index (κ1) is 20.8. The second-order valence-electron chi connectivity index (χ2n) is 8.55. The Bertz CT molecular complexity index is 1010. The van der Waals surface area contributed by atoms with Crippen molar-refractivity contribution >= 4 is 11.6 Å². The first-order valence-corrected chi connectivity index (χ1v) is 10.6. The zero-order chi connectivity index (χ0) is 21.3. The normalized spacial score (nSPS) is 19.5. The highest BCUT2D eigenvalue weighted by molar-refractivity contribution is 6.32. The number of nitrogens with two attached hydrogens (primary N) is 1. The second-order valence-corrected chi connectivity index (χ2v) is 8.95. The summed E-state index contributed by atoms with van der Waals surface area (Å²) in [6.45, 7) is 8.88. The Morgan fingerprint density at radius 2 is 1.93 bits per heavy atom. The van der Waals surface area contributed by atoms with E-state index >= 15 is 0 Å². The molecule has 6 nitrogen and oxygen atoms in total. The summed E-state index contributed by atoms with van der Waals surface area (Å²) in [6.07, 6.45) is 1.09. The van der Waals surface area contributed by atoms with Crippen LogP contribution < -0.4 is 10.5 Å². The Balaban J connectivity index is 1.45. The minimum atomic E-state index is -0.0812. The van der Waals surface area contributed by atoms with Crippen LogP contribution in [-0.4, -0.2) is 39.8 Å². The topological polar surface area (TPSA) is 77.4 Å². The van der Waals surface area contributed by atoms with Crippen LogP contribution in [0.15, 0.2) is 47.0 Å². The lowest BCUT2D eigenvalue weighted by Crippen LogP contribution is -2.38. The Kier molecular flexibility index (Phi) is 5.82. The van der Waals surface area contributed by atoms with Crippen molar-refractivity contribution in [3.63, 3.8) is 0 Å². The van der Waals surface area contributed by atoms with Crippen molar-refractivity contribution in [1.82, 2.24) is 15.0 Å². The molecule has 0 bridgehead atoms. The Morgan fingerprint density at radius 1 is 1.20 bits per heavy atom. The highest BCUT2D eigenvalue weighted by Crippen LogP contribution is 2.31. The van der Waals surface area contributed by atoms with Gasteiger partial charge in [0.1, 0.15) is 5.75 Å². The van der Waals surface area contributed by atoms with Gasteiger partial charge in [-0.15, -0.1) is 0 Å². The molecule has 0 aliphatic carbocycles. The quantitative estimate of drug-likeness (QED) is 0.611. The number of aromatic nitrogens is 2. The molecule has 1 saturated heterocycles. The van der Waals surface area contributed by atoms with E-state index in [0.29, 0.717) is 22.5 Å². The monoisotopic (exact) mass is 426 g/mol. The summed E-state index contributed by atoms with van der Waals surface area (Å²) in [5.41, 5.74) is 9.05. The van der Waals surface area contributed by atoms with E-state index in [2.05, 4.69) is 34.1 Å². The molecular formula is C23H27ClN4O2. The average molecular weight is 427 g/mol. The number of benzene rings is 2. The minimum absolute atomic E-state index is 0.0541. The van der Waals surface area contributed by atoms with Gasteiger partial charge in [-0.1, -0.05) is 28.9 Å². The van der Waals surface area contributed by atoms with Gasteiger partial charge in [-0.2, -0.15) is 4.98 Å². The summed E-state index contributed by atoms with van der Waals surface area (Å²) in [4.78, 5) is 6.92. The largest absolute Gasteiger partial charge is 0.489 e. The molecule has 4 rings (SSSR count). The summed E-state index contributed by atoms with van der Waals surface area (Å²) in [5.74, 6) is 1.61. The zero-order valence-electron chi connectivity index (χ0n) is 17.6. The van der Waals surface area contributed by atoms with Crippen molar-refractivity contribution in [2.75, 3.05) is 13.1 Å². The van der Waals surface area contributed by atoms with Gasteiger partial charge in [0.05, 0.1) is 11.1 Å². The molecule has 158 valence electrons. The third-order valence-electron chi connectivity index (χ3n) is 5.17. The van der Waals surface area contributed by atoms with E-state index in [-0.39, 0.29) is 11.6 Å². The summed E-state index contributed by atoms with van der Waals surface area (Å²) in [5, 5.41) is 4.63. The van der Waals surface area contributed by atoms with E-state index in [0.717, 1.165) is 37.2 Å². The second kappa shape index (κ2) is 8.38. The van der Waals surface area contributed by atoms with Crippen molar-refractivity contribution in [2.45, 2.75) is 45.4 Å². The fraction of sp³-hybridized carbons (Fsp3) is 0.391. The van der Waals surface area contributed by atoms with Crippen LogP contribution in [0.4, 0.5) is 0 Å². The van der Waals surface area contributed by atoms with Crippen molar-refractivity contribution in [3.8, 4) is 28.6 Å². The summed E-state index contributed by atoms with van der Waals surface area (Å²) < 4.78 is 11.2. The van der Waals surface area contributed by atoms with Gasteiger partial charge >= 0.3 is 0 Å². The minimum Gasteiger partial charge on any atom is -0.489 e. The van der Waals surface area contributed by atoms with Gasteiger partial charge in [0.15, 0.2) is 0 Å². The number of nitrogens with zero attached hydrogens (tertiary/aromatic N) is 3. The predicted octanol–water partition coefficient (Wildman–Crippen LogP) is 4.77. The molecule has 0 amide bonds. The molecule has 1 aromatic heterocycles. The molecule has 0 saturated carbocycles. The SMILES string of the molecule is CC(C)Oc1ccc(-c2noc(-c3ccc(CN4CCC(C)(N)C4)cc3)n2)cc1Cl. The number of hydrogen-bond acceptors (Lipinski definition) is 6. The average Bonchev–Trinajstić information content (AvgIpc) is 3.30. The fourth-order valence-corrected chi connectivity index (χ4v) is 3.90. The zero-order valence-corrected chi connectivity index (χ0v) is 18.3. The first-order chi connectivity index (χ1) is 14.3. The number of halogens is 1. The van der Waals surface area contributed by atoms with Crippen LogP contribution in [0.1, 0.15) is 32.8 Å². The Morgan fingerprint density at radius 3 is 2.57 bits per heavy atom. The maximum Gasteiger partial charge on any atom is 0.258 e. The van der Waals surface area contributed by atoms with Crippen molar-refractivity contribution in [3.05, 3.63) is 53.1 Å². The van der Waals surface area contributed by atoms with Crippen LogP contribution in [0.2, 0.25) is 5.02 Å². The molecule has 30 heavy (non-hydrogen) atoms. The van der Waals surface area contributed by atoms with Crippen molar-refractivity contribution in [2.24, 2.45) is 5.73 Å². The van der Waals surface area contributed by atoms with Gasteiger partial charge in [-0.25, -0.2) is 0 Å². The fourth-order valence-electron chi connectivity index (χ4n) is 3.68. The molecule has 2 aromatic carbocycles. The van der Waals surface area contributed by atoms with Gasteiger partial charge in [0.25, 0.3) is 5.89 Å². The molecule has 2 heterocycles. The van der Waals surface area contributed by atoms with Gasteiger partial charge in [-0.05, 0) is 63.1 Å². The van der Waals surface area contributed by atoms with E-state index in [4.69, 9.17) is 26.6 Å². The molecule has 0 spiro atoms. The van der Waals surface area contributed by atoms with Crippen LogP contribution in [0.25, 0.3) is 22.8 Å². The predicted molar refractivity (Wildman–Crippen MR) is 118 cm³/mol. The lowest BCUT2D eigenvalue weighted by molar-refractivity contribution is 0.242. The van der Waals surface area contributed by atoms with Crippen LogP contribution in [0.5, 0.6) is 5.75 Å². The van der Waals surface area contributed by atoms with Gasteiger partial charge in [-0.3, -0.25) is 4.90 Å². The highest BCUT2D eigenvalue weighted by atomic mass is 35.5. The number of ether oxygens (including phenoxy) is 1. The summed E-state index contributed by atoms with van der Waals surface area (Å²) in [6, 6.07) is 13.7. The van der Waals surface area contributed by atoms with Crippen LogP contribution >= 0.6 is 11.6 Å². The number of rotatable bonds is 6. The molecule has 1 aliphatic heterocycles. The van der Waals surface area contributed by atoms with E-state index in [9.17, 15) is 0 Å². The lowest BCUT2D eigenvalue weighted by atomic mass is 10.0. The van der Waals surface area contributed by atoms with E-state index in [1.54, 1.807) is 6.07 Å². The van der Waals surface area contributed by atoms with E-state index in [1.807, 2.05) is 38.1 Å². The molecule has 1 atom stereocenters. The maximum atomic E-state index is 6.33. The highest BCUT2D eigenvalue weighted by Gasteiger charge is 2.29. The smallest absolute Gasteiger partial charge is 0.258 e. The molecule has 1 fully saturated rings. The van der Waals surface area contributed by atoms with Gasteiger partial charge in [0.2, 0.25) is 5.82 Å². The first-order valence-electron chi connectivity index (χ1n) is 10.2. The molecule has 2 N–H and O–H groups in total. The number of likely N-dealkylation sites (tertiary alicyclic amines) is 1. The Hall–Kier alpha value is -2.41. The van der Waals surface area contributed by atoms with Gasteiger partial charge < -0.3 is 15.0 Å². The molecule has 1 aliphatic rings. The van der Waals surface area contributed by atoms with Crippen molar-refractivity contribution < 1.29 is 9.26 Å². The third-order valence-corrected chi connectivity index (χ3v) is 5.47. The van der Waals surface area contributed by atoms with Gasteiger partial charge in [0, 0.05) is 36.3 Å². The summed E-state index contributed by atoms with van der Waals surface area (Å²) in [7, 11) is 0. The van der Waals surface area contributed by atoms with E-state index in [1.165, 1.54) is 5.56 Å². The molecule has 1 unspecified atom stereocenters. The molecular weight excluding hydrogens is 400 g/mol. The van der Waals surface area contributed by atoms with Crippen LogP contribution in [0.3, 0.4) is 0 Å². The molecule has 3 aromatic rings. The lowest BCUT2D eigenvalue weighted by Gasteiger charge is -2.19. The molecule has 7 heteroatoms. The van der Waals surface area contributed by atoms with Crippen LogP contribution in [0, 0.1) is 0 Å². The summed E-state index contributed by atoms with van der Waals surface area (Å²) >= 11 is 6.33. The number of hydrogen-bond donors (Lipinski definition) is 1. The van der Waals surface area contributed by atoms with Crippen molar-refractivity contribution in [1.29, 1.82) is 0 Å². The van der Waals surface area contributed by atoms with Crippen LogP contribution in [-0.2, 0) is 6.54 Å².